The number of H-pyrrole nitrogens is 1. The molecule has 0 unspecified atom stereocenters. The summed E-state index contributed by atoms with van der Waals surface area (Å²) < 4.78 is 0. The number of nitrogens with one attached hydrogen (secondary N) is 4. The van der Waals surface area contributed by atoms with E-state index in [1.54, 1.807) is 0 Å². The van der Waals surface area contributed by atoms with Crippen LogP contribution in [-0.2, 0) is 19.2 Å². The van der Waals surface area contributed by atoms with Crippen LogP contribution >= 0.6 is 0 Å². The van der Waals surface area contributed by atoms with Gasteiger partial charge in [-0.3, -0.25) is 24.0 Å². The van der Waals surface area contributed by atoms with Crippen molar-refractivity contribution in [2.45, 2.75) is 102 Å². The molecule has 2 saturated carbocycles. The Labute approximate surface area is 247 Å². The van der Waals surface area contributed by atoms with Crippen LogP contribution in [0.15, 0.2) is 30.3 Å². The Morgan fingerprint density at radius 1 is 0.881 bits per heavy atom. The van der Waals surface area contributed by atoms with Crippen molar-refractivity contribution in [3.05, 3.63) is 36.0 Å². The molecule has 0 spiro atoms. The Balaban J connectivity index is 1.32. The second-order valence-electron chi connectivity index (χ2n) is 12.6. The largest absolute Gasteiger partial charge is 0.356 e. The number of fused-ring (bicyclic) bond motifs is 1. The van der Waals surface area contributed by atoms with Gasteiger partial charge >= 0.3 is 0 Å². The van der Waals surface area contributed by atoms with E-state index in [0.717, 1.165) is 75.1 Å². The Kier molecular flexibility index (Phi) is 10.1. The van der Waals surface area contributed by atoms with Gasteiger partial charge in [-0.05, 0) is 56.6 Å². The van der Waals surface area contributed by atoms with Crippen LogP contribution in [0, 0.1) is 17.8 Å². The molecule has 2 heterocycles. The molecule has 2 aliphatic carbocycles. The maximum absolute atomic E-state index is 13.9. The minimum atomic E-state index is -1.12. The number of aromatic nitrogens is 1. The van der Waals surface area contributed by atoms with Gasteiger partial charge in [0.25, 0.3) is 5.91 Å². The number of ketones is 2. The summed E-state index contributed by atoms with van der Waals surface area (Å²) in [5.74, 6) is -2.89. The van der Waals surface area contributed by atoms with Crippen molar-refractivity contribution in [3.8, 4) is 0 Å². The van der Waals surface area contributed by atoms with E-state index in [2.05, 4.69) is 20.9 Å². The van der Waals surface area contributed by atoms with Crippen LogP contribution in [0.5, 0.6) is 0 Å². The molecule has 4 N–H and O–H groups in total. The molecular weight excluding hydrogens is 532 g/mol. The van der Waals surface area contributed by atoms with Gasteiger partial charge in [0.2, 0.25) is 17.6 Å². The molecule has 1 aromatic heterocycles. The molecule has 9 heteroatoms. The van der Waals surface area contributed by atoms with Gasteiger partial charge < -0.3 is 20.9 Å². The van der Waals surface area contributed by atoms with E-state index in [0.29, 0.717) is 31.0 Å². The van der Waals surface area contributed by atoms with Gasteiger partial charge in [0.15, 0.2) is 5.78 Å². The highest BCUT2D eigenvalue weighted by Gasteiger charge is 2.36. The molecule has 1 saturated heterocycles. The number of hydrogen-bond donors (Lipinski definition) is 4. The highest BCUT2D eigenvalue weighted by Crippen LogP contribution is 2.32. The quantitative estimate of drug-likeness (QED) is 0.220. The minimum absolute atomic E-state index is 0.00819. The summed E-state index contributed by atoms with van der Waals surface area (Å²) in [7, 11) is 0. The summed E-state index contributed by atoms with van der Waals surface area (Å²) in [6, 6.07) is 8.29. The molecule has 226 valence electrons. The van der Waals surface area contributed by atoms with Gasteiger partial charge in [0, 0.05) is 41.7 Å². The number of carbonyl (C=O) groups excluding carboxylic acids is 5. The molecule has 2 aromatic rings. The third-order valence-corrected chi connectivity index (χ3v) is 9.44. The lowest BCUT2D eigenvalue weighted by Gasteiger charge is -2.28. The molecule has 3 amide bonds. The highest BCUT2D eigenvalue weighted by molar-refractivity contribution is 6.38. The summed E-state index contributed by atoms with van der Waals surface area (Å²) in [4.78, 5) is 69.6. The molecule has 1 aliphatic heterocycles. The van der Waals surface area contributed by atoms with Crippen LogP contribution in [0.25, 0.3) is 10.9 Å². The van der Waals surface area contributed by atoms with Gasteiger partial charge in [-0.25, -0.2) is 0 Å². The number of rotatable bonds is 12. The molecule has 1 aromatic carbocycles. The highest BCUT2D eigenvalue weighted by atomic mass is 16.2. The van der Waals surface area contributed by atoms with Crippen LogP contribution in [0.1, 0.15) is 100 Å². The number of amides is 3. The molecule has 42 heavy (non-hydrogen) atoms. The van der Waals surface area contributed by atoms with E-state index in [-0.39, 0.29) is 30.6 Å². The minimum Gasteiger partial charge on any atom is -0.356 e. The van der Waals surface area contributed by atoms with Crippen LogP contribution in [0.2, 0.25) is 0 Å². The Hall–Kier alpha value is -3.49. The second-order valence-corrected chi connectivity index (χ2v) is 12.6. The zero-order valence-electron chi connectivity index (χ0n) is 24.4. The van der Waals surface area contributed by atoms with E-state index in [9.17, 15) is 24.0 Å². The number of piperidine rings is 1. The Morgan fingerprint density at radius 2 is 1.62 bits per heavy atom. The first-order valence-electron chi connectivity index (χ1n) is 15.9. The SMILES string of the molecule is O=C(NC1CCCCC1)C(=O)[C@H](C[C@@H]1CCCNC1=O)NC(=O)[C@@H](CC(=O)c1cc2ccccc2[nH]1)CC1CCCC1. The van der Waals surface area contributed by atoms with Crippen LogP contribution in [0.3, 0.4) is 0 Å². The molecule has 3 atom stereocenters. The fourth-order valence-corrected chi connectivity index (χ4v) is 7.02. The first-order valence-corrected chi connectivity index (χ1v) is 15.9. The average molecular weight is 577 g/mol. The molecule has 0 bridgehead atoms. The van der Waals surface area contributed by atoms with Gasteiger partial charge in [-0.15, -0.1) is 0 Å². The van der Waals surface area contributed by atoms with E-state index in [4.69, 9.17) is 0 Å². The Bertz CT molecular complexity index is 1260. The topological polar surface area (TPSA) is 137 Å². The first kappa shape index (κ1) is 30.0. The maximum atomic E-state index is 13.9. The number of benzene rings is 1. The van der Waals surface area contributed by atoms with Crippen molar-refractivity contribution < 1.29 is 24.0 Å². The molecule has 3 aliphatic rings. The van der Waals surface area contributed by atoms with Gasteiger partial charge in [-0.2, -0.15) is 0 Å². The van der Waals surface area contributed by atoms with Crippen molar-refractivity contribution in [1.29, 1.82) is 0 Å². The summed E-state index contributed by atoms with van der Waals surface area (Å²) in [6.45, 7) is 0.585. The smallest absolute Gasteiger partial charge is 0.289 e. The van der Waals surface area contributed by atoms with E-state index in [1.807, 2.05) is 30.3 Å². The molecule has 5 rings (SSSR count). The molecule has 9 nitrogen and oxygen atoms in total. The molecule has 3 fully saturated rings. The third-order valence-electron chi connectivity index (χ3n) is 9.44. The molecule has 0 radical (unpaired) electrons. The van der Waals surface area contributed by atoms with Crippen molar-refractivity contribution in [2.75, 3.05) is 6.54 Å². The lowest BCUT2D eigenvalue weighted by atomic mass is 9.86. The van der Waals surface area contributed by atoms with Crippen LogP contribution in [-0.4, -0.2) is 52.9 Å². The zero-order valence-corrected chi connectivity index (χ0v) is 24.4. The normalized spacial score (nSPS) is 21.4. The van der Waals surface area contributed by atoms with Crippen molar-refractivity contribution in [3.63, 3.8) is 0 Å². The fraction of sp³-hybridized carbons (Fsp3) is 0.606. The van der Waals surface area contributed by atoms with E-state index in [1.165, 1.54) is 0 Å². The molecular formula is C33H44N4O5. The summed E-state index contributed by atoms with van der Waals surface area (Å²) in [5.41, 5.74) is 1.32. The van der Waals surface area contributed by atoms with Crippen molar-refractivity contribution in [2.24, 2.45) is 17.8 Å². The van der Waals surface area contributed by atoms with E-state index >= 15 is 0 Å². The van der Waals surface area contributed by atoms with Gasteiger partial charge in [0.1, 0.15) is 0 Å². The lowest BCUT2D eigenvalue weighted by molar-refractivity contribution is -0.142. The third kappa shape index (κ3) is 7.66. The Morgan fingerprint density at radius 3 is 2.36 bits per heavy atom. The number of hydrogen-bond acceptors (Lipinski definition) is 5. The first-order chi connectivity index (χ1) is 20.4. The maximum Gasteiger partial charge on any atom is 0.289 e. The number of Topliss-reactive ketones (excluding diaryl/α,β-unsaturated/α-hetero) is 2. The van der Waals surface area contributed by atoms with Crippen LogP contribution < -0.4 is 16.0 Å². The summed E-state index contributed by atoms with van der Waals surface area (Å²) in [6.07, 6.45) is 11.1. The number of carbonyl (C=O) groups is 5. The second kappa shape index (κ2) is 14.1. The van der Waals surface area contributed by atoms with Crippen molar-refractivity contribution in [1.82, 2.24) is 20.9 Å². The number of para-hydroxylation sites is 1. The summed E-state index contributed by atoms with van der Waals surface area (Å²) in [5, 5.41) is 9.51. The lowest BCUT2D eigenvalue weighted by Crippen LogP contribution is -2.53. The van der Waals surface area contributed by atoms with Crippen molar-refractivity contribution >= 4 is 40.2 Å². The standard InChI is InChI=1S/C33H44N4O5/c38-29(27-18-22-11-6-7-15-26(22)36-27)20-24(17-21-9-4-5-10-21)32(41)37-28(19-23-12-8-16-34-31(23)40)30(39)33(42)35-25-13-2-1-3-14-25/h6-7,11,15,18,21,23-25,28,36H,1-5,8-10,12-14,16-17,19-20H2,(H,34,40)(H,35,42)(H,37,41)/t23-,24+,28-/m0/s1. The zero-order chi connectivity index (χ0) is 29.5. The summed E-state index contributed by atoms with van der Waals surface area (Å²) >= 11 is 0. The number of aromatic amines is 1. The van der Waals surface area contributed by atoms with E-state index < -0.39 is 35.5 Å². The fourth-order valence-electron chi connectivity index (χ4n) is 7.02. The predicted octanol–water partition coefficient (Wildman–Crippen LogP) is 4.36. The predicted molar refractivity (Wildman–Crippen MR) is 160 cm³/mol. The van der Waals surface area contributed by atoms with Gasteiger partial charge in [-0.1, -0.05) is 63.1 Å². The van der Waals surface area contributed by atoms with Crippen LogP contribution in [0.4, 0.5) is 0 Å². The van der Waals surface area contributed by atoms with Gasteiger partial charge in [0.05, 0.1) is 11.7 Å². The average Bonchev–Trinajstić information content (AvgIpc) is 3.68. The monoisotopic (exact) mass is 576 g/mol.